The largest absolute Gasteiger partial charge is 0.508 e. The van der Waals surface area contributed by atoms with Crippen molar-refractivity contribution >= 4 is 11.6 Å². The van der Waals surface area contributed by atoms with Crippen molar-refractivity contribution in [3.05, 3.63) is 59.2 Å². The van der Waals surface area contributed by atoms with Crippen LogP contribution in [0.4, 0.5) is 0 Å². The zero-order chi connectivity index (χ0) is 17.6. The molecule has 4 rings (SSSR count). The first kappa shape index (κ1) is 15.7. The molecule has 0 saturated carbocycles. The highest BCUT2D eigenvalue weighted by molar-refractivity contribution is 6.07. The number of aryl methyl sites for hydroxylation is 1. The Morgan fingerprint density at radius 3 is 2.68 bits per heavy atom. The number of aromatic hydroxyl groups is 1. The van der Waals surface area contributed by atoms with Gasteiger partial charge in [0, 0.05) is 18.4 Å². The number of hydrazone groups is 1. The quantitative estimate of drug-likeness (QED) is 0.915. The first-order valence-electron chi connectivity index (χ1n) is 8.43. The van der Waals surface area contributed by atoms with Crippen LogP contribution >= 0.6 is 0 Å². The van der Waals surface area contributed by atoms with Gasteiger partial charge in [-0.2, -0.15) is 5.10 Å². The van der Waals surface area contributed by atoms with E-state index in [1.807, 2.05) is 24.3 Å². The van der Waals surface area contributed by atoms with Crippen LogP contribution in [0.1, 0.15) is 36.1 Å². The molecule has 0 radical (unpaired) electrons. The lowest BCUT2D eigenvalue weighted by atomic mass is 9.77. The average molecular weight is 336 g/mol. The monoisotopic (exact) mass is 336 g/mol. The van der Waals surface area contributed by atoms with Gasteiger partial charge in [-0.15, -0.1) is 0 Å². The number of phenolic OH excluding ortho intramolecular Hbond substituents is 1. The predicted octanol–water partition coefficient (Wildman–Crippen LogP) is 3.27. The van der Waals surface area contributed by atoms with Crippen molar-refractivity contribution in [2.75, 3.05) is 7.11 Å². The number of hydrogen-bond acceptors (Lipinski definition) is 4. The van der Waals surface area contributed by atoms with Gasteiger partial charge in [-0.05, 0) is 48.2 Å². The van der Waals surface area contributed by atoms with Crippen molar-refractivity contribution in [2.45, 2.75) is 25.8 Å². The van der Waals surface area contributed by atoms with Crippen LogP contribution in [0.5, 0.6) is 11.5 Å². The zero-order valence-electron chi connectivity index (χ0n) is 14.3. The molecule has 5 nitrogen and oxygen atoms in total. The van der Waals surface area contributed by atoms with Crippen LogP contribution in [0.2, 0.25) is 0 Å². The fourth-order valence-corrected chi connectivity index (χ4v) is 3.88. The van der Waals surface area contributed by atoms with Gasteiger partial charge in [-0.3, -0.25) is 4.79 Å². The first-order chi connectivity index (χ1) is 12.1. The number of carbonyl (C=O) groups excluding carboxylic acids is 1. The fraction of sp³-hybridized carbons (Fsp3) is 0.300. The molecule has 128 valence electrons. The minimum absolute atomic E-state index is 0.0792. The second-order valence-corrected chi connectivity index (χ2v) is 6.55. The van der Waals surface area contributed by atoms with E-state index in [2.05, 4.69) is 11.2 Å². The molecule has 2 aromatic rings. The van der Waals surface area contributed by atoms with E-state index in [9.17, 15) is 9.90 Å². The number of benzene rings is 2. The maximum atomic E-state index is 12.2. The molecule has 2 atom stereocenters. The Labute approximate surface area is 146 Å². The molecule has 2 aliphatic rings. The number of ether oxygens (including phenoxy) is 1. The number of methoxy groups -OCH3 is 1. The summed E-state index contributed by atoms with van der Waals surface area (Å²) >= 11 is 0. The van der Waals surface area contributed by atoms with E-state index in [1.54, 1.807) is 31.2 Å². The lowest BCUT2D eigenvalue weighted by molar-refractivity contribution is -0.131. The Hall–Kier alpha value is -2.82. The minimum Gasteiger partial charge on any atom is -0.508 e. The lowest BCUT2D eigenvalue weighted by Gasteiger charge is -2.29. The number of phenols is 1. The Morgan fingerprint density at radius 1 is 1.24 bits per heavy atom. The molecule has 0 saturated heterocycles. The fourth-order valence-electron chi connectivity index (χ4n) is 3.88. The van der Waals surface area contributed by atoms with Gasteiger partial charge in [0.25, 0.3) is 0 Å². The molecule has 25 heavy (non-hydrogen) atoms. The molecular weight excluding hydrogens is 316 g/mol. The van der Waals surface area contributed by atoms with Gasteiger partial charge in [-0.25, -0.2) is 5.01 Å². The number of carbonyl (C=O) groups is 1. The highest BCUT2D eigenvalue weighted by Gasteiger charge is 2.43. The Balaban J connectivity index is 1.80. The third-order valence-corrected chi connectivity index (χ3v) is 5.09. The van der Waals surface area contributed by atoms with Crippen molar-refractivity contribution in [1.82, 2.24) is 5.01 Å². The van der Waals surface area contributed by atoms with E-state index in [0.29, 0.717) is 0 Å². The molecule has 1 aliphatic heterocycles. The van der Waals surface area contributed by atoms with Crippen LogP contribution in [0.3, 0.4) is 0 Å². The van der Waals surface area contributed by atoms with Gasteiger partial charge in [-0.1, -0.05) is 18.2 Å². The Morgan fingerprint density at radius 2 is 2.00 bits per heavy atom. The van der Waals surface area contributed by atoms with Crippen LogP contribution in [0.15, 0.2) is 47.6 Å². The summed E-state index contributed by atoms with van der Waals surface area (Å²) in [6.07, 6.45) is 1.89. The molecule has 1 heterocycles. The summed E-state index contributed by atoms with van der Waals surface area (Å²) in [5.74, 6) is 1.08. The summed E-state index contributed by atoms with van der Waals surface area (Å²) in [5.41, 5.74) is 4.25. The van der Waals surface area contributed by atoms with E-state index < -0.39 is 0 Å². The highest BCUT2D eigenvalue weighted by atomic mass is 16.5. The maximum absolute atomic E-state index is 12.2. The van der Waals surface area contributed by atoms with E-state index in [1.165, 1.54) is 5.56 Å². The Kier molecular flexibility index (Phi) is 3.71. The minimum atomic E-state index is -0.132. The van der Waals surface area contributed by atoms with Gasteiger partial charge in [0.05, 0.1) is 18.9 Å². The summed E-state index contributed by atoms with van der Waals surface area (Å²) < 4.78 is 5.36. The molecule has 1 aliphatic carbocycles. The van der Waals surface area contributed by atoms with Gasteiger partial charge in [0.1, 0.15) is 11.5 Å². The molecular formula is C20H20N2O3. The van der Waals surface area contributed by atoms with Crippen molar-refractivity contribution < 1.29 is 14.6 Å². The molecule has 0 fully saturated rings. The van der Waals surface area contributed by atoms with Gasteiger partial charge in [0.15, 0.2) is 0 Å². The summed E-state index contributed by atoms with van der Waals surface area (Å²) in [6, 6.07) is 13.0. The predicted molar refractivity (Wildman–Crippen MR) is 94.7 cm³/mol. The second-order valence-electron chi connectivity index (χ2n) is 6.55. The summed E-state index contributed by atoms with van der Waals surface area (Å²) in [4.78, 5) is 12.2. The third kappa shape index (κ3) is 2.56. The molecule has 0 unspecified atom stereocenters. The van der Waals surface area contributed by atoms with Crippen molar-refractivity contribution in [3.63, 3.8) is 0 Å². The van der Waals surface area contributed by atoms with Crippen LogP contribution < -0.4 is 4.74 Å². The van der Waals surface area contributed by atoms with Gasteiger partial charge < -0.3 is 9.84 Å². The molecule has 0 bridgehead atoms. The van der Waals surface area contributed by atoms with E-state index in [4.69, 9.17) is 4.74 Å². The zero-order valence-corrected chi connectivity index (χ0v) is 14.3. The number of rotatable bonds is 2. The van der Waals surface area contributed by atoms with Crippen LogP contribution in [0, 0.1) is 5.92 Å². The normalized spacial score (nSPS) is 21.4. The molecule has 0 spiro atoms. The van der Waals surface area contributed by atoms with Gasteiger partial charge in [0.2, 0.25) is 5.91 Å². The number of hydrogen-bond donors (Lipinski definition) is 1. The number of nitrogens with zero attached hydrogens (tertiary/aromatic N) is 2. The first-order valence-corrected chi connectivity index (χ1v) is 8.43. The number of amides is 1. The SMILES string of the molecule is COc1ccc2c(c1)C1=NN(C(C)=O)[C@@H](c3ccc(O)cc3)[C@@H]1CC2. The third-order valence-electron chi connectivity index (χ3n) is 5.09. The highest BCUT2D eigenvalue weighted by Crippen LogP contribution is 2.44. The van der Waals surface area contributed by atoms with Crippen molar-refractivity contribution in [3.8, 4) is 11.5 Å². The molecule has 5 heteroatoms. The van der Waals surface area contributed by atoms with E-state index in [0.717, 1.165) is 35.4 Å². The number of fused-ring (bicyclic) bond motifs is 3. The van der Waals surface area contributed by atoms with Crippen LogP contribution in [0.25, 0.3) is 0 Å². The standard InChI is InChI=1S/C20H20N2O3/c1-12(23)22-20(14-3-7-15(24)8-4-14)17-10-6-13-5-9-16(25-2)11-18(13)19(17)21-22/h3-5,7-9,11,17,20,24H,6,10H2,1-2H3/t17-,20+/m1/s1. The van der Waals surface area contributed by atoms with Crippen molar-refractivity contribution in [1.29, 1.82) is 0 Å². The molecule has 1 N–H and O–H groups in total. The average Bonchev–Trinajstić information content (AvgIpc) is 3.02. The lowest BCUT2D eigenvalue weighted by Crippen LogP contribution is -2.31. The molecule has 0 aromatic heterocycles. The molecule has 1 amide bonds. The van der Waals surface area contributed by atoms with Crippen LogP contribution in [-0.2, 0) is 11.2 Å². The van der Waals surface area contributed by atoms with Crippen LogP contribution in [-0.4, -0.2) is 28.8 Å². The molecule has 2 aromatic carbocycles. The topological polar surface area (TPSA) is 62.1 Å². The summed E-state index contributed by atoms with van der Waals surface area (Å²) in [5, 5.41) is 15.8. The van der Waals surface area contributed by atoms with Crippen molar-refractivity contribution in [2.24, 2.45) is 11.0 Å². The summed E-state index contributed by atoms with van der Waals surface area (Å²) in [6.45, 7) is 1.54. The second kappa shape index (κ2) is 5.92. The van der Waals surface area contributed by atoms with Gasteiger partial charge >= 0.3 is 0 Å². The van der Waals surface area contributed by atoms with E-state index in [-0.39, 0.29) is 23.6 Å². The Bertz CT molecular complexity index is 858. The summed E-state index contributed by atoms with van der Waals surface area (Å²) in [7, 11) is 1.65. The smallest absolute Gasteiger partial charge is 0.240 e. The van der Waals surface area contributed by atoms with E-state index >= 15 is 0 Å². The maximum Gasteiger partial charge on any atom is 0.240 e.